The molecule has 26 heavy (non-hydrogen) atoms. The molecule has 1 aromatic heterocycles. The molecule has 0 bridgehead atoms. The van der Waals surface area contributed by atoms with Gasteiger partial charge in [-0.25, -0.2) is 9.48 Å². The highest BCUT2D eigenvalue weighted by atomic mass is 32.2. The van der Waals surface area contributed by atoms with Gasteiger partial charge in [-0.15, -0.1) is 16.9 Å². The number of hydrogen-bond donors (Lipinski definition) is 3. The summed E-state index contributed by atoms with van der Waals surface area (Å²) in [5, 5.41) is 23.9. The molecule has 1 fully saturated rings. The molecule has 0 aromatic carbocycles. The van der Waals surface area contributed by atoms with E-state index in [2.05, 4.69) is 10.1 Å². The summed E-state index contributed by atoms with van der Waals surface area (Å²) in [7, 11) is 0. The zero-order valence-electron chi connectivity index (χ0n) is 14.0. The smallest absolute Gasteiger partial charge is 0.353 e. The fourth-order valence-corrected chi connectivity index (χ4v) is 6.49. The molecule has 1 saturated heterocycles. The van der Waals surface area contributed by atoms with Crippen molar-refractivity contribution in [1.29, 1.82) is 0 Å². The van der Waals surface area contributed by atoms with Gasteiger partial charge in [0.25, 0.3) is 0 Å². The Labute approximate surface area is 158 Å². The molecule has 0 radical (unpaired) electrons. The number of amides is 1. The van der Waals surface area contributed by atoms with E-state index in [0.29, 0.717) is 13.0 Å². The Morgan fingerprint density at radius 2 is 2.27 bits per heavy atom. The van der Waals surface area contributed by atoms with Crippen LogP contribution in [0.1, 0.15) is 13.3 Å². The zero-order chi connectivity index (χ0) is 18.6. The monoisotopic (exact) mass is 397 g/mol. The molecular formula is C15H19N5O4S2. The van der Waals surface area contributed by atoms with Crippen LogP contribution in [0.3, 0.4) is 0 Å². The Bertz CT molecular complexity index is 810. The van der Waals surface area contributed by atoms with E-state index < -0.39 is 5.97 Å². The van der Waals surface area contributed by atoms with Gasteiger partial charge >= 0.3 is 5.97 Å². The number of aliphatic hydroxyl groups is 1. The van der Waals surface area contributed by atoms with Gasteiger partial charge in [0.1, 0.15) is 5.70 Å². The number of fused-ring (bicyclic) bond motifs is 2. The largest absolute Gasteiger partial charge is 0.477 e. The number of rotatable bonds is 5. The van der Waals surface area contributed by atoms with Crippen LogP contribution in [0.5, 0.6) is 0 Å². The van der Waals surface area contributed by atoms with Gasteiger partial charge in [-0.1, -0.05) is 18.7 Å². The number of carbonyl (C=O) groups excluding carboxylic acids is 1. The number of carboxylic acids is 1. The minimum absolute atomic E-state index is 0.0624. The van der Waals surface area contributed by atoms with E-state index in [4.69, 9.17) is 5.73 Å². The second kappa shape index (κ2) is 6.46. The van der Waals surface area contributed by atoms with Crippen LogP contribution in [0, 0.1) is 11.8 Å². The lowest BCUT2D eigenvalue weighted by Crippen LogP contribution is -2.60. The van der Waals surface area contributed by atoms with E-state index in [1.165, 1.54) is 16.7 Å². The number of aliphatic carboxylic acids is 1. The number of thioether (sulfide) groups is 2. The van der Waals surface area contributed by atoms with Crippen LogP contribution in [0.25, 0.3) is 0 Å². The van der Waals surface area contributed by atoms with Crippen molar-refractivity contribution in [1.82, 2.24) is 19.7 Å². The molecule has 3 aliphatic rings. The van der Waals surface area contributed by atoms with Crippen molar-refractivity contribution in [3.63, 3.8) is 0 Å². The molecular weight excluding hydrogens is 378 g/mol. The summed E-state index contributed by atoms with van der Waals surface area (Å²) in [4.78, 5) is 30.5. The van der Waals surface area contributed by atoms with Crippen molar-refractivity contribution >= 4 is 41.3 Å². The van der Waals surface area contributed by atoms with Gasteiger partial charge in [0.05, 0.1) is 18.5 Å². The highest BCUT2D eigenvalue weighted by Gasteiger charge is 2.58. The molecule has 9 nitrogen and oxygen atoms in total. The lowest BCUT2D eigenvalue weighted by molar-refractivity contribution is -0.157. The summed E-state index contributed by atoms with van der Waals surface area (Å²) in [6.07, 6.45) is 0.371. The zero-order valence-corrected chi connectivity index (χ0v) is 15.7. The molecule has 4 atom stereocenters. The number of nitrogens with zero attached hydrogens (tertiary/aromatic N) is 4. The molecule has 11 heteroatoms. The third-order valence-corrected chi connectivity index (χ3v) is 7.84. The van der Waals surface area contributed by atoms with E-state index >= 15 is 0 Å². The predicted molar refractivity (Wildman–Crippen MR) is 96.2 cm³/mol. The average Bonchev–Trinajstić information content (AvgIpc) is 3.08. The molecule has 0 spiro atoms. The molecule has 1 amide bonds. The Morgan fingerprint density at radius 3 is 2.96 bits per heavy atom. The number of carbonyl (C=O) groups is 2. The number of aliphatic hydroxyl groups excluding tert-OH is 1. The van der Waals surface area contributed by atoms with Crippen molar-refractivity contribution in [2.75, 3.05) is 18.1 Å². The average molecular weight is 397 g/mol. The van der Waals surface area contributed by atoms with Crippen LogP contribution in [0.15, 0.2) is 15.8 Å². The molecule has 4 rings (SSSR count). The van der Waals surface area contributed by atoms with Crippen LogP contribution >= 0.6 is 23.5 Å². The van der Waals surface area contributed by atoms with Crippen LogP contribution < -0.4 is 5.73 Å². The second-order valence-electron chi connectivity index (χ2n) is 6.61. The number of aromatic nitrogens is 3. The number of nitrogen functional groups attached to an aromatic ring is 1. The Morgan fingerprint density at radius 1 is 1.50 bits per heavy atom. The molecule has 3 aliphatic heterocycles. The maximum atomic E-state index is 12.4. The summed E-state index contributed by atoms with van der Waals surface area (Å²) in [5.74, 6) is -0.637. The lowest BCUT2D eigenvalue weighted by Gasteiger charge is -2.45. The van der Waals surface area contributed by atoms with Gasteiger partial charge in [-0.05, 0) is 6.42 Å². The maximum Gasteiger partial charge on any atom is 0.353 e. The molecule has 1 aromatic rings. The van der Waals surface area contributed by atoms with Crippen molar-refractivity contribution in [2.24, 2.45) is 11.8 Å². The van der Waals surface area contributed by atoms with Crippen molar-refractivity contribution in [3.05, 3.63) is 10.6 Å². The van der Waals surface area contributed by atoms with Gasteiger partial charge in [-0.3, -0.25) is 4.79 Å². The van der Waals surface area contributed by atoms with Crippen LogP contribution in [-0.2, 0) is 16.1 Å². The van der Waals surface area contributed by atoms with E-state index in [1.54, 1.807) is 16.4 Å². The van der Waals surface area contributed by atoms with Crippen molar-refractivity contribution in [3.8, 4) is 0 Å². The summed E-state index contributed by atoms with van der Waals surface area (Å²) in [6.45, 7) is 2.48. The molecule has 0 unspecified atom stereocenters. The topological polar surface area (TPSA) is 135 Å². The third-order valence-electron chi connectivity index (χ3n) is 5.03. The van der Waals surface area contributed by atoms with E-state index in [1.807, 2.05) is 6.92 Å². The maximum absolute atomic E-state index is 12.4. The fraction of sp³-hybridized carbons (Fsp3) is 0.600. The van der Waals surface area contributed by atoms with Gasteiger partial charge < -0.3 is 20.8 Å². The summed E-state index contributed by atoms with van der Waals surface area (Å²) >= 11 is 3.05. The predicted octanol–water partition coefficient (Wildman–Crippen LogP) is 0.223. The second-order valence-corrected chi connectivity index (χ2v) is 8.94. The first-order valence-corrected chi connectivity index (χ1v) is 10.2. The first-order valence-electron chi connectivity index (χ1n) is 8.33. The Hall–Kier alpha value is -1.72. The fourth-order valence-electron chi connectivity index (χ4n) is 3.93. The molecule has 4 heterocycles. The summed E-state index contributed by atoms with van der Waals surface area (Å²) in [6, 6.07) is -0.169. The van der Waals surface area contributed by atoms with Crippen molar-refractivity contribution in [2.45, 2.75) is 36.3 Å². The number of anilines is 1. The van der Waals surface area contributed by atoms with Crippen LogP contribution in [-0.4, -0.2) is 65.4 Å². The molecule has 0 aliphatic carbocycles. The number of carboxylic acid groups (broad SMARTS) is 1. The van der Waals surface area contributed by atoms with Crippen LogP contribution in [0.4, 0.5) is 5.95 Å². The summed E-state index contributed by atoms with van der Waals surface area (Å²) < 4.78 is 1.75. The number of hydrogen-bond acceptors (Lipinski definition) is 8. The molecule has 4 N–H and O–H groups in total. The van der Waals surface area contributed by atoms with Crippen molar-refractivity contribution < 1.29 is 19.8 Å². The quantitative estimate of drug-likeness (QED) is 0.596. The minimum Gasteiger partial charge on any atom is -0.477 e. The summed E-state index contributed by atoms with van der Waals surface area (Å²) in [5.41, 5.74) is 5.74. The third kappa shape index (κ3) is 2.60. The minimum atomic E-state index is -1.08. The molecule has 0 saturated carbocycles. The van der Waals surface area contributed by atoms with Gasteiger partial charge in [0, 0.05) is 28.4 Å². The Kier molecular flexibility index (Phi) is 4.40. The number of nitrogens with two attached hydrogens (primary N) is 1. The molecule has 140 valence electrons. The first-order chi connectivity index (χ1) is 12.4. The lowest BCUT2D eigenvalue weighted by atomic mass is 9.80. The number of β-lactam (4-membered cyclic amide) rings is 1. The Balaban J connectivity index is 1.57. The van der Waals surface area contributed by atoms with Gasteiger partial charge in [-0.2, -0.15) is 4.98 Å². The highest BCUT2D eigenvalue weighted by molar-refractivity contribution is 8.05. The first kappa shape index (κ1) is 17.7. The van der Waals surface area contributed by atoms with E-state index in [0.717, 1.165) is 15.8 Å². The SMILES string of the molecule is C[C@H]1C(S[C@H]2CSc3nc(N)nn3C2)=C(C(=O)O)N2C(=O)[C@@H](CCO)[C@@H]12. The van der Waals surface area contributed by atoms with Gasteiger partial charge in [0.15, 0.2) is 5.16 Å². The normalized spacial score (nSPS) is 30.2. The van der Waals surface area contributed by atoms with Crippen LogP contribution in [0.2, 0.25) is 0 Å². The van der Waals surface area contributed by atoms with E-state index in [-0.39, 0.29) is 47.3 Å². The standard InChI is InChI=1S/C15H19N5O4S2/c1-6-9-8(2-3-21)12(22)20(9)10(13(23)24)11(6)26-7-4-19-15(25-5-7)17-14(16)18-19/h6-9,21H,2-5H2,1H3,(H2,16,18)(H,23,24)/t6-,7-,8+,9-/m1/s1. The van der Waals surface area contributed by atoms with E-state index in [9.17, 15) is 19.8 Å². The highest BCUT2D eigenvalue weighted by Crippen LogP contribution is 2.51. The van der Waals surface area contributed by atoms with Gasteiger partial charge in [0.2, 0.25) is 11.9 Å².